The number of nitro groups is 1. The van der Waals surface area contributed by atoms with Crippen molar-refractivity contribution in [2.45, 2.75) is 52.6 Å². The number of hydrogen-bond acceptors (Lipinski definition) is 5. The second-order valence-electron chi connectivity index (χ2n) is 4.99. The van der Waals surface area contributed by atoms with Crippen LogP contribution >= 0.6 is 0 Å². The number of hydrogen-bond donors (Lipinski definition) is 1. The summed E-state index contributed by atoms with van der Waals surface area (Å²) in [6, 6.07) is -0.827. The summed E-state index contributed by atoms with van der Waals surface area (Å²) >= 11 is 0. The van der Waals surface area contributed by atoms with Crippen LogP contribution in [-0.2, 0) is 18.0 Å². The molecule has 0 aliphatic carbocycles. The molecule has 0 aromatic carbocycles. The number of aromatic nitrogens is 2. The molecule has 0 saturated heterocycles. The number of nitrogens with zero attached hydrogens (tertiary/aromatic N) is 4. The van der Waals surface area contributed by atoms with Crippen molar-refractivity contribution in [3.63, 3.8) is 0 Å². The molecule has 120 valence electrons. The van der Waals surface area contributed by atoms with Gasteiger partial charge in [-0.15, -0.1) is 0 Å². The van der Waals surface area contributed by atoms with Crippen LogP contribution in [0.3, 0.4) is 0 Å². The van der Waals surface area contributed by atoms with E-state index >= 15 is 0 Å². The zero-order valence-corrected chi connectivity index (χ0v) is 13.3. The van der Waals surface area contributed by atoms with Crippen LogP contribution in [0, 0.1) is 10.1 Å². The number of imidazole rings is 1. The van der Waals surface area contributed by atoms with Gasteiger partial charge in [0.05, 0.1) is 6.54 Å². The molecule has 8 nitrogen and oxygen atoms in total. The van der Waals surface area contributed by atoms with E-state index in [0.717, 1.165) is 0 Å². The minimum atomic E-state index is -0.904. The average Bonchev–Trinajstić information content (AvgIpc) is 2.78. The van der Waals surface area contributed by atoms with Crippen molar-refractivity contribution in [1.29, 1.82) is 0 Å². The van der Waals surface area contributed by atoms with Crippen molar-refractivity contribution >= 4 is 6.21 Å². The topological polar surface area (TPSA) is 93.8 Å². The van der Waals surface area contributed by atoms with Gasteiger partial charge < -0.3 is 22.4 Å². The molecule has 0 radical (unpaired) electrons. The second kappa shape index (κ2) is 7.94. The molecule has 1 atom stereocenters. The SMILES string of the molecule is CCn1cc[n+](COC(C)(C)C(C)[N+](=O)[O-])c1/C=N/O.[Cl-]. The first-order valence-corrected chi connectivity index (χ1v) is 6.37. The van der Waals surface area contributed by atoms with Crippen LogP contribution in [0.25, 0.3) is 0 Å². The summed E-state index contributed by atoms with van der Waals surface area (Å²) in [6.07, 6.45) is 4.90. The molecule has 0 spiro atoms. The molecule has 0 amide bonds. The van der Waals surface area contributed by atoms with Gasteiger partial charge in [0.1, 0.15) is 18.0 Å². The van der Waals surface area contributed by atoms with Gasteiger partial charge in [0.15, 0.2) is 12.9 Å². The van der Waals surface area contributed by atoms with Gasteiger partial charge in [0.2, 0.25) is 6.04 Å². The maximum absolute atomic E-state index is 10.8. The third-order valence-electron chi connectivity index (χ3n) is 3.43. The van der Waals surface area contributed by atoms with E-state index in [1.807, 2.05) is 17.7 Å². The molecular weight excluding hydrogens is 300 g/mol. The second-order valence-corrected chi connectivity index (χ2v) is 4.99. The van der Waals surface area contributed by atoms with Crippen molar-refractivity contribution in [3.8, 4) is 0 Å². The minimum Gasteiger partial charge on any atom is -1.00 e. The lowest BCUT2D eigenvalue weighted by atomic mass is 10.0. The van der Waals surface area contributed by atoms with Crippen LogP contribution in [0.5, 0.6) is 0 Å². The van der Waals surface area contributed by atoms with E-state index in [-0.39, 0.29) is 24.1 Å². The lowest BCUT2D eigenvalue weighted by molar-refractivity contribution is -0.740. The van der Waals surface area contributed by atoms with Gasteiger partial charge in [0, 0.05) is 11.8 Å². The van der Waals surface area contributed by atoms with E-state index in [9.17, 15) is 10.1 Å². The highest BCUT2D eigenvalue weighted by Gasteiger charge is 2.36. The van der Waals surface area contributed by atoms with Crippen molar-refractivity contribution < 1.29 is 31.8 Å². The molecule has 0 aliphatic rings. The van der Waals surface area contributed by atoms with Crippen molar-refractivity contribution in [2.75, 3.05) is 0 Å². The van der Waals surface area contributed by atoms with Gasteiger partial charge in [-0.1, -0.05) is 5.16 Å². The Kier molecular flexibility index (Phi) is 7.31. The molecule has 0 saturated carbocycles. The fourth-order valence-electron chi connectivity index (χ4n) is 1.67. The highest BCUT2D eigenvalue weighted by molar-refractivity contribution is 5.72. The summed E-state index contributed by atoms with van der Waals surface area (Å²) in [5, 5.41) is 22.5. The molecule has 9 heteroatoms. The fourth-order valence-corrected chi connectivity index (χ4v) is 1.67. The van der Waals surface area contributed by atoms with E-state index in [0.29, 0.717) is 12.4 Å². The van der Waals surface area contributed by atoms with Gasteiger partial charge in [0.25, 0.3) is 0 Å². The monoisotopic (exact) mass is 320 g/mol. The van der Waals surface area contributed by atoms with Crippen molar-refractivity contribution in [2.24, 2.45) is 5.16 Å². The predicted molar refractivity (Wildman–Crippen MR) is 71.3 cm³/mol. The van der Waals surface area contributed by atoms with E-state index < -0.39 is 11.6 Å². The Bertz CT molecular complexity index is 501. The zero-order chi connectivity index (χ0) is 15.3. The first kappa shape index (κ1) is 19.3. The molecule has 1 unspecified atom stereocenters. The molecule has 1 N–H and O–H groups in total. The summed E-state index contributed by atoms with van der Waals surface area (Å²) in [7, 11) is 0. The molecule has 1 rings (SSSR count). The molecule has 1 aromatic heterocycles. The zero-order valence-electron chi connectivity index (χ0n) is 12.6. The van der Waals surface area contributed by atoms with Gasteiger partial charge in [-0.3, -0.25) is 10.1 Å². The number of aryl methyl sites for hydroxylation is 1. The third kappa shape index (κ3) is 4.68. The van der Waals surface area contributed by atoms with Gasteiger partial charge in [-0.2, -0.15) is 0 Å². The van der Waals surface area contributed by atoms with E-state index in [1.165, 1.54) is 13.1 Å². The van der Waals surface area contributed by atoms with Gasteiger partial charge >= 0.3 is 5.82 Å². The summed E-state index contributed by atoms with van der Waals surface area (Å²) in [4.78, 5) is 10.5. The predicted octanol–water partition coefficient (Wildman–Crippen LogP) is -1.97. The Morgan fingerprint density at radius 2 is 2.29 bits per heavy atom. The van der Waals surface area contributed by atoms with Crippen LogP contribution in [0.15, 0.2) is 17.5 Å². The normalized spacial score (nSPS) is 13.1. The van der Waals surface area contributed by atoms with Crippen LogP contribution in [0.4, 0.5) is 0 Å². The lowest BCUT2D eigenvalue weighted by Gasteiger charge is -2.24. The maximum atomic E-state index is 10.8. The molecule has 0 bridgehead atoms. The Labute approximate surface area is 129 Å². The molecule has 1 aromatic rings. The first-order valence-electron chi connectivity index (χ1n) is 6.37. The van der Waals surface area contributed by atoms with E-state index in [2.05, 4.69) is 5.16 Å². The molecular formula is C12H21ClN4O4. The molecule has 1 heterocycles. The standard InChI is InChI=1S/C12H20N4O4.ClH/c1-5-14-6-7-15(11(14)8-13-17)9-20-12(3,4)10(2)16(18)19;/h6-8,10H,5,9H2,1-4H3;1H. The summed E-state index contributed by atoms with van der Waals surface area (Å²) < 4.78 is 9.24. The minimum absolute atomic E-state index is 0. The number of ether oxygens (including phenoxy) is 1. The largest absolute Gasteiger partial charge is 1.00 e. The van der Waals surface area contributed by atoms with E-state index in [1.54, 1.807) is 24.6 Å². The van der Waals surface area contributed by atoms with Crippen LogP contribution in [0.2, 0.25) is 0 Å². The van der Waals surface area contributed by atoms with Crippen LogP contribution in [-0.4, -0.2) is 32.6 Å². The number of oxime groups is 1. The fraction of sp³-hybridized carbons (Fsp3) is 0.667. The molecule has 21 heavy (non-hydrogen) atoms. The molecule has 0 aliphatic heterocycles. The average molecular weight is 321 g/mol. The van der Waals surface area contributed by atoms with Crippen LogP contribution < -0.4 is 17.0 Å². The Morgan fingerprint density at radius 3 is 2.76 bits per heavy atom. The Balaban J connectivity index is 0.00000400. The highest BCUT2D eigenvalue weighted by Crippen LogP contribution is 2.17. The van der Waals surface area contributed by atoms with Gasteiger partial charge in [-0.25, -0.2) is 9.13 Å². The molecule has 0 fully saturated rings. The number of rotatable bonds is 7. The highest BCUT2D eigenvalue weighted by atomic mass is 35.5. The first-order chi connectivity index (χ1) is 9.33. The smallest absolute Gasteiger partial charge is 0.305 e. The van der Waals surface area contributed by atoms with Crippen molar-refractivity contribution in [3.05, 3.63) is 28.3 Å². The maximum Gasteiger partial charge on any atom is 0.305 e. The van der Waals surface area contributed by atoms with Crippen LogP contribution in [0.1, 0.15) is 33.5 Å². The lowest BCUT2D eigenvalue weighted by Crippen LogP contribution is -3.00. The number of halogens is 1. The Morgan fingerprint density at radius 1 is 1.67 bits per heavy atom. The summed E-state index contributed by atoms with van der Waals surface area (Å²) in [6.45, 7) is 7.68. The summed E-state index contributed by atoms with van der Waals surface area (Å²) in [5.41, 5.74) is -0.904. The quantitative estimate of drug-likeness (QED) is 0.207. The van der Waals surface area contributed by atoms with E-state index in [4.69, 9.17) is 9.94 Å². The van der Waals surface area contributed by atoms with Crippen molar-refractivity contribution in [1.82, 2.24) is 4.57 Å². The summed E-state index contributed by atoms with van der Waals surface area (Å²) in [5.74, 6) is 0.652. The Hall–Kier alpha value is -1.67. The van der Waals surface area contributed by atoms with Gasteiger partial charge in [-0.05, 0) is 20.8 Å². The third-order valence-corrected chi connectivity index (χ3v) is 3.43.